The third kappa shape index (κ3) is 3.76. The van der Waals surface area contributed by atoms with E-state index >= 15 is 0 Å². The van der Waals surface area contributed by atoms with Gasteiger partial charge in [0.15, 0.2) is 11.0 Å². The normalized spacial score (nSPS) is 17.0. The molecule has 2 heterocycles. The molecule has 1 aromatic carbocycles. The van der Waals surface area contributed by atoms with Gasteiger partial charge in [0.05, 0.1) is 11.6 Å². The predicted molar refractivity (Wildman–Crippen MR) is 102 cm³/mol. The molecule has 1 saturated heterocycles. The summed E-state index contributed by atoms with van der Waals surface area (Å²) >= 11 is 7.35. The topological polar surface area (TPSA) is 90.1 Å². The van der Waals surface area contributed by atoms with Crippen LogP contribution in [-0.2, 0) is 4.79 Å². The number of hydrogen-bond acceptors (Lipinski definition) is 6. The Labute approximate surface area is 160 Å². The summed E-state index contributed by atoms with van der Waals surface area (Å²) in [4.78, 5) is 22.3. The molecule has 3 rings (SSSR count). The highest BCUT2D eigenvalue weighted by Crippen LogP contribution is 2.33. The predicted octanol–water partition coefficient (Wildman–Crippen LogP) is 3.69. The lowest BCUT2D eigenvalue weighted by molar-refractivity contribution is -0.141. The Kier molecular flexibility index (Phi) is 5.64. The second-order valence-corrected chi connectivity index (χ2v) is 7.21. The Morgan fingerprint density at radius 2 is 2.12 bits per heavy atom. The Balaban J connectivity index is 2.10. The maximum atomic E-state index is 11.4. The first-order valence-electron chi connectivity index (χ1n) is 8.13. The van der Waals surface area contributed by atoms with E-state index in [1.54, 1.807) is 12.1 Å². The van der Waals surface area contributed by atoms with Crippen LogP contribution >= 0.6 is 23.4 Å². The largest absolute Gasteiger partial charge is 0.481 e. The van der Waals surface area contributed by atoms with Gasteiger partial charge < -0.3 is 10.0 Å². The fourth-order valence-electron chi connectivity index (χ4n) is 3.04. The molecular weight excluding hydrogens is 372 g/mol. The first-order chi connectivity index (χ1) is 12.5. The number of carboxylic acids is 1. The Bertz CT molecular complexity index is 867. The zero-order valence-corrected chi connectivity index (χ0v) is 15.7. The van der Waals surface area contributed by atoms with E-state index in [1.807, 2.05) is 23.3 Å². The first-order valence-corrected chi connectivity index (χ1v) is 9.73. The average Bonchev–Trinajstić information content (AvgIpc) is 2.67. The summed E-state index contributed by atoms with van der Waals surface area (Å²) < 4.78 is 0. The number of halogens is 1. The molecule has 1 aliphatic heterocycles. The van der Waals surface area contributed by atoms with Crippen molar-refractivity contribution in [3.63, 3.8) is 0 Å². The number of thioether (sulfide) groups is 1. The molecule has 1 atom stereocenters. The van der Waals surface area contributed by atoms with Gasteiger partial charge in [-0.3, -0.25) is 4.79 Å². The number of piperidine rings is 1. The molecule has 0 bridgehead atoms. The van der Waals surface area contributed by atoms with Crippen molar-refractivity contribution < 1.29 is 9.90 Å². The molecule has 1 aliphatic rings. The molecule has 0 spiro atoms. The smallest absolute Gasteiger partial charge is 0.308 e. The second kappa shape index (κ2) is 7.94. The Morgan fingerprint density at radius 1 is 1.38 bits per heavy atom. The quantitative estimate of drug-likeness (QED) is 0.630. The van der Waals surface area contributed by atoms with E-state index < -0.39 is 11.9 Å². The molecule has 1 unspecified atom stereocenters. The zero-order chi connectivity index (χ0) is 18.7. The number of nitrogens with zero attached hydrogens (tertiary/aromatic N) is 4. The van der Waals surface area contributed by atoms with Crippen molar-refractivity contribution in [3.8, 4) is 17.3 Å². The number of nitriles is 1. The maximum absolute atomic E-state index is 11.4. The van der Waals surface area contributed by atoms with Crippen molar-refractivity contribution in [1.29, 1.82) is 5.26 Å². The number of aromatic nitrogens is 2. The van der Waals surface area contributed by atoms with Crippen molar-refractivity contribution in [2.75, 3.05) is 24.2 Å². The van der Waals surface area contributed by atoms with E-state index in [0.29, 0.717) is 46.8 Å². The molecule has 1 fully saturated rings. The van der Waals surface area contributed by atoms with Crippen molar-refractivity contribution >= 4 is 35.1 Å². The van der Waals surface area contributed by atoms with Gasteiger partial charge in [-0.05, 0) is 31.2 Å². The van der Waals surface area contributed by atoms with Gasteiger partial charge in [0.25, 0.3) is 0 Å². The SMILES string of the molecule is CSc1nc(-c2ccc(Cl)cc2)c(C#N)c(N2CCCC(C(=O)O)C2)n1. The molecule has 0 saturated carbocycles. The van der Waals surface area contributed by atoms with E-state index in [4.69, 9.17) is 11.6 Å². The summed E-state index contributed by atoms with van der Waals surface area (Å²) in [5.41, 5.74) is 1.67. The summed E-state index contributed by atoms with van der Waals surface area (Å²) in [7, 11) is 0. The van der Waals surface area contributed by atoms with Crippen molar-refractivity contribution in [2.24, 2.45) is 5.92 Å². The third-order valence-corrected chi connectivity index (χ3v) is 5.15. The van der Waals surface area contributed by atoms with Gasteiger partial charge >= 0.3 is 5.97 Å². The monoisotopic (exact) mass is 388 g/mol. The molecule has 1 N–H and O–H groups in total. The van der Waals surface area contributed by atoms with Crippen LogP contribution in [0.5, 0.6) is 0 Å². The molecule has 0 aliphatic carbocycles. The molecule has 0 amide bonds. The van der Waals surface area contributed by atoms with Crippen LogP contribution in [0.1, 0.15) is 18.4 Å². The van der Waals surface area contributed by atoms with Crippen LogP contribution in [0.2, 0.25) is 5.02 Å². The number of carbonyl (C=O) groups is 1. The summed E-state index contributed by atoms with van der Waals surface area (Å²) in [5.74, 6) is -0.769. The van der Waals surface area contributed by atoms with Crippen LogP contribution in [0.4, 0.5) is 5.82 Å². The zero-order valence-electron chi connectivity index (χ0n) is 14.1. The summed E-state index contributed by atoms with van der Waals surface area (Å²) in [6.45, 7) is 1.01. The minimum atomic E-state index is -0.815. The molecule has 6 nitrogen and oxygen atoms in total. The van der Waals surface area contributed by atoms with Gasteiger partial charge in [-0.2, -0.15) is 5.26 Å². The molecule has 2 aromatic rings. The third-order valence-electron chi connectivity index (χ3n) is 4.35. The van der Waals surface area contributed by atoms with Gasteiger partial charge in [0, 0.05) is 23.7 Å². The van der Waals surface area contributed by atoms with Crippen LogP contribution in [0.3, 0.4) is 0 Å². The van der Waals surface area contributed by atoms with Crippen LogP contribution in [0.15, 0.2) is 29.4 Å². The van der Waals surface area contributed by atoms with Crippen molar-refractivity contribution in [2.45, 2.75) is 18.0 Å². The van der Waals surface area contributed by atoms with Crippen LogP contribution < -0.4 is 4.90 Å². The molecular formula is C18H17ClN4O2S. The van der Waals surface area contributed by atoms with Crippen LogP contribution in [-0.4, -0.2) is 40.4 Å². The highest BCUT2D eigenvalue weighted by atomic mass is 35.5. The van der Waals surface area contributed by atoms with Crippen molar-refractivity contribution in [1.82, 2.24) is 9.97 Å². The van der Waals surface area contributed by atoms with E-state index in [0.717, 1.165) is 12.0 Å². The van der Waals surface area contributed by atoms with Gasteiger partial charge in [0.2, 0.25) is 0 Å². The Hall–Kier alpha value is -2.30. The number of hydrogen-bond donors (Lipinski definition) is 1. The van der Waals surface area contributed by atoms with Crippen molar-refractivity contribution in [3.05, 3.63) is 34.9 Å². The lowest BCUT2D eigenvalue weighted by Gasteiger charge is -2.32. The molecule has 134 valence electrons. The fourth-order valence-corrected chi connectivity index (χ4v) is 3.53. The van der Waals surface area contributed by atoms with E-state index in [2.05, 4.69) is 16.0 Å². The highest BCUT2D eigenvalue weighted by Gasteiger charge is 2.29. The summed E-state index contributed by atoms with van der Waals surface area (Å²) in [5, 5.41) is 20.3. The lowest BCUT2D eigenvalue weighted by atomic mass is 9.97. The number of rotatable bonds is 4. The van der Waals surface area contributed by atoms with Crippen LogP contribution in [0.25, 0.3) is 11.3 Å². The van der Waals surface area contributed by atoms with Gasteiger partial charge in [0.1, 0.15) is 11.6 Å². The standard InChI is InChI=1S/C18H17ClN4O2S/c1-26-18-21-15(11-4-6-13(19)7-5-11)14(9-20)16(22-18)23-8-2-3-12(10-23)17(24)25/h4-7,12H,2-3,8,10H2,1H3,(H,24,25). The molecule has 26 heavy (non-hydrogen) atoms. The van der Waals surface area contributed by atoms with E-state index in [-0.39, 0.29) is 0 Å². The lowest BCUT2D eigenvalue weighted by Crippen LogP contribution is -2.39. The fraction of sp³-hybridized carbons (Fsp3) is 0.333. The number of aliphatic carboxylic acids is 1. The first kappa shape index (κ1) is 18.5. The maximum Gasteiger partial charge on any atom is 0.308 e. The molecule has 1 aromatic heterocycles. The number of carboxylic acid groups (broad SMARTS) is 1. The van der Waals surface area contributed by atoms with E-state index in [9.17, 15) is 15.2 Å². The molecule has 8 heteroatoms. The second-order valence-electron chi connectivity index (χ2n) is 6.00. The average molecular weight is 389 g/mol. The minimum absolute atomic E-state index is 0.342. The van der Waals surface area contributed by atoms with Gasteiger partial charge in [-0.1, -0.05) is 35.5 Å². The summed E-state index contributed by atoms with van der Waals surface area (Å²) in [6, 6.07) is 9.34. The highest BCUT2D eigenvalue weighted by molar-refractivity contribution is 7.98. The van der Waals surface area contributed by atoms with Gasteiger partial charge in [-0.15, -0.1) is 0 Å². The molecule has 0 radical (unpaired) electrons. The number of benzene rings is 1. The Morgan fingerprint density at radius 3 is 2.73 bits per heavy atom. The number of anilines is 1. The van der Waals surface area contributed by atoms with Gasteiger partial charge in [-0.25, -0.2) is 9.97 Å². The minimum Gasteiger partial charge on any atom is -0.481 e. The summed E-state index contributed by atoms with van der Waals surface area (Å²) in [6.07, 6.45) is 3.25. The van der Waals surface area contributed by atoms with Crippen LogP contribution in [0, 0.1) is 17.2 Å². The van der Waals surface area contributed by atoms with E-state index in [1.165, 1.54) is 11.8 Å².